The van der Waals surface area contributed by atoms with Crippen molar-refractivity contribution in [3.63, 3.8) is 0 Å². The monoisotopic (exact) mass is 362 g/mol. The maximum atomic E-state index is 12.3. The highest BCUT2D eigenvalue weighted by molar-refractivity contribution is 6.42. The molecule has 0 bridgehead atoms. The maximum absolute atomic E-state index is 12.3. The lowest BCUT2D eigenvalue weighted by Crippen LogP contribution is -3.06. The van der Waals surface area contributed by atoms with Crippen molar-refractivity contribution < 1.29 is 4.90 Å². The van der Waals surface area contributed by atoms with Crippen LogP contribution in [0, 0.1) is 6.92 Å². The molecule has 1 aromatic carbocycles. The summed E-state index contributed by atoms with van der Waals surface area (Å²) < 4.78 is 1.57. The van der Waals surface area contributed by atoms with E-state index in [1.807, 2.05) is 38.2 Å². The topological polar surface area (TPSA) is 38.8 Å². The van der Waals surface area contributed by atoms with E-state index in [0.29, 0.717) is 28.8 Å². The number of halogens is 2. The molecule has 24 heavy (non-hydrogen) atoms. The molecule has 0 aliphatic rings. The highest BCUT2D eigenvalue weighted by Crippen LogP contribution is 2.24. The normalized spacial score (nSPS) is 12.5. The lowest BCUT2D eigenvalue weighted by atomic mass is 10.2. The minimum Gasteiger partial charge on any atom is -0.329 e. The van der Waals surface area contributed by atoms with Crippen molar-refractivity contribution in [2.75, 3.05) is 7.05 Å². The van der Waals surface area contributed by atoms with E-state index in [1.165, 1.54) is 4.90 Å². The van der Waals surface area contributed by atoms with E-state index in [1.54, 1.807) is 22.7 Å². The number of rotatable bonds is 4. The van der Waals surface area contributed by atoms with Gasteiger partial charge in [0.25, 0.3) is 5.56 Å². The Morgan fingerprint density at radius 3 is 2.75 bits per heavy atom. The van der Waals surface area contributed by atoms with Crippen molar-refractivity contribution in [3.05, 3.63) is 79.8 Å². The summed E-state index contributed by atoms with van der Waals surface area (Å²) in [5.74, 6) is 0. The van der Waals surface area contributed by atoms with Gasteiger partial charge >= 0.3 is 0 Å². The van der Waals surface area contributed by atoms with Gasteiger partial charge < -0.3 is 4.90 Å². The van der Waals surface area contributed by atoms with Crippen LogP contribution < -0.4 is 10.5 Å². The number of quaternary nitrogens is 1. The highest BCUT2D eigenvalue weighted by Gasteiger charge is 2.12. The zero-order valence-electron chi connectivity index (χ0n) is 13.5. The van der Waals surface area contributed by atoms with Gasteiger partial charge in [-0.1, -0.05) is 41.4 Å². The first kappa shape index (κ1) is 17.0. The van der Waals surface area contributed by atoms with Crippen LogP contribution in [0.25, 0.3) is 5.65 Å². The van der Waals surface area contributed by atoms with Crippen LogP contribution >= 0.6 is 23.2 Å². The third-order valence-corrected chi connectivity index (χ3v) is 4.73. The molecule has 3 rings (SSSR count). The first-order valence-electron chi connectivity index (χ1n) is 7.67. The van der Waals surface area contributed by atoms with E-state index in [9.17, 15) is 4.79 Å². The van der Waals surface area contributed by atoms with E-state index in [2.05, 4.69) is 4.98 Å². The minimum atomic E-state index is -0.0627. The molecule has 0 saturated carbocycles. The summed E-state index contributed by atoms with van der Waals surface area (Å²) in [5, 5.41) is 1.14. The number of hydrogen-bond acceptors (Lipinski definition) is 2. The van der Waals surface area contributed by atoms with Gasteiger partial charge in [-0.05, 0) is 24.6 Å². The number of hydrogen-bond donors (Lipinski definition) is 1. The molecule has 4 nitrogen and oxygen atoms in total. The van der Waals surface area contributed by atoms with Crippen LogP contribution in [0.4, 0.5) is 0 Å². The molecule has 0 aliphatic carbocycles. The van der Waals surface area contributed by atoms with Crippen molar-refractivity contribution >= 4 is 28.8 Å². The van der Waals surface area contributed by atoms with Crippen LogP contribution in [0.2, 0.25) is 10.0 Å². The van der Waals surface area contributed by atoms with Crippen LogP contribution in [-0.4, -0.2) is 16.4 Å². The second-order valence-corrected chi connectivity index (χ2v) is 6.83. The predicted octanol–water partition coefficient (Wildman–Crippen LogP) is 2.52. The molecule has 0 fully saturated rings. The van der Waals surface area contributed by atoms with Gasteiger partial charge in [-0.3, -0.25) is 9.20 Å². The molecule has 124 valence electrons. The largest absolute Gasteiger partial charge is 0.329 e. The molecule has 1 N–H and O–H groups in total. The number of pyridine rings is 1. The van der Waals surface area contributed by atoms with Gasteiger partial charge in [0.2, 0.25) is 0 Å². The maximum Gasteiger partial charge on any atom is 0.258 e. The van der Waals surface area contributed by atoms with Gasteiger partial charge in [-0.15, -0.1) is 0 Å². The minimum absolute atomic E-state index is 0.0627. The van der Waals surface area contributed by atoms with Crippen molar-refractivity contribution in [2.24, 2.45) is 0 Å². The average Bonchev–Trinajstić information content (AvgIpc) is 2.52. The molecule has 6 heteroatoms. The van der Waals surface area contributed by atoms with Gasteiger partial charge in [0.1, 0.15) is 24.4 Å². The molecule has 3 aromatic rings. The number of fused-ring (bicyclic) bond motifs is 1. The summed E-state index contributed by atoms with van der Waals surface area (Å²) in [6.07, 6.45) is 1.80. The molecule has 0 saturated heterocycles. The number of aryl methyl sites for hydroxylation is 1. The van der Waals surface area contributed by atoms with Gasteiger partial charge in [-0.2, -0.15) is 0 Å². The number of aromatic nitrogens is 2. The summed E-state index contributed by atoms with van der Waals surface area (Å²) >= 11 is 12.3. The van der Waals surface area contributed by atoms with E-state index in [-0.39, 0.29) is 5.56 Å². The first-order valence-corrected chi connectivity index (χ1v) is 8.43. The van der Waals surface area contributed by atoms with Crippen molar-refractivity contribution in [1.82, 2.24) is 9.38 Å². The van der Waals surface area contributed by atoms with E-state index in [4.69, 9.17) is 23.2 Å². The Labute approximate surface area is 150 Å². The van der Waals surface area contributed by atoms with Gasteiger partial charge in [0.15, 0.2) is 0 Å². The van der Waals surface area contributed by atoms with Crippen molar-refractivity contribution in [3.8, 4) is 0 Å². The van der Waals surface area contributed by atoms with E-state index < -0.39 is 0 Å². The summed E-state index contributed by atoms with van der Waals surface area (Å²) in [7, 11) is 2.04. The second kappa shape index (κ2) is 6.93. The average molecular weight is 363 g/mol. The Balaban J connectivity index is 1.83. The van der Waals surface area contributed by atoms with E-state index >= 15 is 0 Å². The standard InChI is InChI=1S/C18H17Cl2N3O/c1-12-6-7-16-21-14(8-17(24)23(16)9-12)11-22(2)10-13-4-3-5-15(19)18(13)20/h3-9H,10-11H2,1-2H3/p+1. The molecular formula is C18H18Cl2N3O+. The second-order valence-electron chi connectivity index (χ2n) is 6.04. The van der Waals surface area contributed by atoms with E-state index in [0.717, 1.165) is 16.8 Å². The molecular weight excluding hydrogens is 345 g/mol. The summed E-state index contributed by atoms with van der Waals surface area (Å²) in [4.78, 5) is 18.0. The fraction of sp³-hybridized carbons (Fsp3) is 0.222. The Kier molecular flexibility index (Phi) is 4.90. The molecule has 2 aromatic heterocycles. The molecule has 2 heterocycles. The lowest BCUT2D eigenvalue weighted by molar-refractivity contribution is -0.908. The Hall–Kier alpha value is -1.88. The first-order chi connectivity index (χ1) is 11.4. The number of nitrogens with one attached hydrogen (secondary N) is 1. The van der Waals surface area contributed by atoms with Crippen molar-refractivity contribution in [1.29, 1.82) is 0 Å². The van der Waals surface area contributed by atoms with Crippen LogP contribution in [0.3, 0.4) is 0 Å². The summed E-state index contributed by atoms with van der Waals surface area (Å²) in [6.45, 7) is 3.28. The molecule has 1 unspecified atom stereocenters. The number of nitrogens with zero attached hydrogens (tertiary/aromatic N) is 2. The third-order valence-electron chi connectivity index (χ3n) is 3.87. The van der Waals surface area contributed by atoms with Crippen LogP contribution in [0.15, 0.2) is 47.4 Å². The predicted molar refractivity (Wildman–Crippen MR) is 97.0 cm³/mol. The van der Waals surface area contributed by atoms with Crippen LogP contribution in [0.5, 0.6) is 0 Å². The zero-order chi connectivity index (χ0) is 17.3. The van der Waals surface area contributed by atoms with Gasteiger partial charge in [0.05, 0.1) is 17.1 Å². The van der Waals surface area contributed by atoms with Crippen LogP contribution in [0.1, 0.15) is 16.8 Å². The van der Waals surface area contributed by atoms with Crippen LogP contribution in [-0.2, 0) is 13.1 Å². The Morgan fingerprint density at radius 2 is 1.96 bits per heavy atom. The molecule has 0 radical (unpaired) electrons. The fourth-order valence-electron chi connectivity index (χ4n) is 2.73. The summed E-state index contributed by atoms with van der Waals surface area (Å²) in [5.41, 5.74) is 3.37. The number of benzene rings is 1. The third kappa shape index (κ3) is 3.61. The fourth-order valence-corrected chi connectivity index (χ4v) is 3.12. The molecule has 0 spiro atoms. The van der Waals surface area contributed by atoms with Crippen molar-refractivity contribution in [2.45, 2.75) is 20.0 Å². The molecule has 1 atom stereocenters. The zero-order valence-corrected chi connectivity index (χ0v) is 15.0. The summed E-state index contributed by atoms with van der Waals surface area (Å²) in [6, 6.07) is 11.0. The Bertz CT molecular complexity index is 953. The molecule has 0 aliphatic heterocycles. The highest BCUT2D eigenvalue weighted by atomic mass is 35.5. The quantitative estimate of drug-likeness (QED) is 0.774. The Morgan fingerprint density at radius 1 is 1.17 bits per heavy atom. The smallest absolute Gasteiger partial charge is 0.258 e. The van der Waals surface area contributed by atoms with Gasteiger partial charge in [-0.25, -0.2) is 4.98 Å². The lowest BCUT2D eigenvalue weighted by Gasteiger charge is -2.15. The van der Waals surface area contributed by atoms with Gasteiger partial charge in [0, 0.05) is 17.8 Å². The SMILES string of the molecule is Cc1ccc2nc(C[NH+](C)Cc3cccc(Cl)c3Cl)cc(=O)n2c1. The molecule has 0 amide bonds.